The van der Waals surface area contributed by atoms with Crippen molar-refractivity contribution in [1.82, 2.24) is 24.7 Å². The van der Waals surface area contributed by atoms with Gasteiger partial charge in [-0.3, -0.25) is 14.6 Å². The van der Waals surface area contributed by atoms with E-state index < -0.39 is 0 Å². The number of pyridine rings is 2. The fourth-order valence-electron chi connectivity index (χ4n) is 9.07. The van der Waals surface area contributed by atoms with E-state index in [9.17, 15) is 4.79 Å². The number of benzene rings is 1. The minimum Gasteiger partial charge on any atom is -0.353 e. The second kappa shape index (κ2) is 24.9. The minimum absolute atomic E-state index is 0.00899. The van der Waals surface area contributed by atoms with Gasteiger partial charge < -0.3 is 24.1 Å². The molecule has 1 amide bonds. The Morgan fingerprint density at radius 1 is 0.661 bits per heavy atom. The van der Waals surface area contributed by atoms with E-state index in [1.165, 1.54) is 46.3 Å². The Kier molecular flexibility index (Phi) is 19.8. The van der Waals surface area contributed by atoms with Crippen LogP contribution in [0.4, 0.5) is 23.0 Å². The molecule has 62 heavy (non-hydrogen) atoms. The summed E-state index contributed by atoms with van der Waals surface area (Å²) in [4.78, 5) is 43.1. The molecule has 1 aliphatic carbocycles. The quantitative estimate of drug-likeness (QED) is 0.0494. The van der Waals surface area contributed by atoms with Gasteiger partial charge in [0.15, 0.2) is 0 Å². The van der Waals surface area contributed by atoms with Crippen LogP contribution in [0.15, 0.2) is 42.7 Å². The molecule has 14 nitrogen and oxygen atoms in total. The lowest BCUT2D eigenvalue weighted by atomic mass is 9.92. The number of rotatable bonds is 15. The molecular formula is C42H59Cl4N9O5S2. The molecule has 5 heterocycles. The van der Waals surface area contributed by atoms with E-state index in [2.05, 4.69) is 62.6 Å². The van der Waals surface area contributed by atoms with Gasteiger partial charge in [-0.25, -0.2) is 19.7 Å². The van der Waals surface area contributed by atoms with Crippen LogP contribution in [-0.4, -0.2) is 121 Å². The molecule has 4 aliphatic rings. The zero-order valence-corrected chi connectivity index (χ0v) is 40.5. The van der Waals surface area contributed by atoms with Gasteiger partial charge in [0.05, 0.1) is 58.1 Å². The van der Waals surface area contributed by atoms with Gasteiger partial charge in [0, 0.05) is 82.1 Å². The van der Waals surface area contributed by atoms with Crippen LogP contribution in [0.3, 0.4) is 0 Å². The van der Waals surface area contributed by atoms with Crippen molar-refractivity contribution in [1.29, 1.82) is 0 Å². The van der Waals surface area contributed by atoms with Crippen LogP contribution in [-0.2, 0) is 18.4 Å². The average Bonchev–Trinajstić information content (AvgIpc) is 3.30. The summed E-state index contributed by atoms with van der Waals surface area (Å²) in [6, 6.07) is 11.0. The number of likely N-dealkylation sites (tertiary alicyclic amines) is 1. The van der Waals surface area contributed by atoms with Crippen LogP contribution in [0.2, 0.25) is 20.1 Å². The van der Waals surface area contributed by atoms with Gasteiger partial charge >= 0.3 is 0 Å². The lowest BCUT2D eigenvalue weighted by Crippen LogP contribution is -2.58. The summed E-state index contributed by atoms with van der Waals surface area (Å²) < 4.78 is 15.5. The molecule has 3 aromatic rings. The summed E-state index contributed by atoms with van der Waals surface area (Å²) in [7, 11) is 2.90. The van der Waals surface area contributed by atoms with E-state index in [0.717, 1.165) is 132 Å². The van der Waals surface area contributed by atoms with Crippen molar-refractivity contribution in [2.24, 2.45) is 0 Å². The second-order valence-electron chi connectivity index (χ2n) is 15.8. The fourth-order valence-corrected chi connectivity index (χ4v) is 10.6. The van der Waals surface area contributed by atoms with E-state index in [1.807, 2.05) is 17.0 Å². The Bertz CT molecular complexity index is 1880. The molecule has 2 aromatic heterocycles. The number of nitrogens with one attached hydrogen (secondary N) is 2. The van der Waals surface area contributed by atoms with E-state index in [0.29, 0.717) is 43.8 Å². The largest absolute Gasteiger partial charge is 0.353 e. The number of halogens is 4. The van der Waals surface area contributed by atoms with Gasteiger partial charge in [0.1, 0.15) is 36.1 Å². The smallest absolute Gasteiger partial charge is 0.253 e. The maximum absolute atomic E-state index is 13.0. The van der Waals surface area contributed by atoms with Gasteiger partial charge in [-0.2, -0.15) is 0 Å². The topological polar surface area (TPSA) is 120 Å². The monoisotopic (exact) mass is 973 g/mol. The molecule has 0 spiro atoms. The first kappa shape index (κ1) is 49.2. The van der Waals surface area contributed by atoms with Crippen LogP contribution in [0.1, 0.15) is 82.0 Å². The summed E-state index contributed by atoms with van der Waals surface area (Å²) in [5, 5.41) is 2.11. The lowest BCUT2D eigenvalue weighted by molar-refractivity contribution is -0.159. The van der Waals surface area contributed by atoms with Crippen LogP contribution >= 0.6 is 70.9 Å². The molecular weight excluding hydrogens is 916 g/mol. The second-order valence-corrected chi connectivity index (χ2v) is 18.5. The van der Waals surface area contributed by atoms with Gasteiger partial charge in [0.25, 0.3) is 5.91 Å². The Hall–Kier alpha value is -2.19. The molecule has 20 heteroatoms. The number of hydrogen-bond donors (Lipinski definition) is 2. The maximum atomic E-state index is 13.0. The van der Waals surface area contributed by atoms with Crippen LogP contribution in [0.25, 0.3) is 0 Å². The van der Waals surface area contributed by atoms with Crippen molar-refractivity contribution >= 4 is 99.8 Å². The van der Waals surface area contributed by atoms with Crippen molar-refractivity contribution in [2.75, 3.05) is 85.8 Å². The summed E-state index contributed by atoms with van der Waals surface area (Å²) in [6.07, 6.45) is 14.5. The van der Waals surface area contributed by atoms with Gasteiger partial charge in [-0.1, -0.05) is 79.5 Å². The Morgan fingerprint density at radius 2 is 1.16 bits per heavy atom. The lowest BCUT2D eigenvalue weighted by Gasteiger charge is -2.47. The van der Waals surface area contributed by atoms with Crippen LogP contribution < -0.4 is 19.2 Å². The minimum atomic E-state index is 0.00899. The predicted octanol–water partition coefficient (Wildman–Crippen LogP) is 10.3. The van der Waals surface area contributed by atoms with E-state index >= 15 is 0 Å². The first-order valence-corrected chi connectivity index (χ1v) is 24.4. The van der Waals surface area contributed by atoms with Crippen molar-refractivity contribution in [3.63, 3.8) is 0 Å². The third kappa shape index (κ3) is 13.2. The number of anilines is 4. The molecule has 4 fully saturated rings. The predicted molar refractivity (Wildman–Crippen MR) is 255 cm³/mol. The average molecular weight is 976 g/mol. The molecule has 342 valence electrons. The zero-order chi connectivity index (χ0) is 44.0. The molecule has 0 unspecified atom stereocenters. The van der Waals surface area contributed by atoms with E-state index in [4.69, 9.17) is 55.1 Å². The highest BCUT2D eigenvalue weighted by atomic mass is 35.5. The zero-order valence-electron chi connectivity index (χ0n) is 35.9. The summed E-state index contributed by atoms with van der Waals surface area (Å²) in [5.41, 5.74) is 2.10. The number of piperidine rings is 1. The van der Waals surface area contributed by atoms with E-state index in [-0.39, 0.29) is 5.91 Å². The summed E-state index contributed by atoms with van der Waals surface area (Å²) >= 11 is 27.1. The number of nitrogens with zero attached hydrogens (tertiary/aromatic N) is 7. The highest BCUT2D eigenvalue weighted by Gasteiger charge is 2.36. The van der Waals surface area contributed by atoms with Crippen LogP contribution in [0.5, 0.6) is 0 Å². The molecule has 0 radical (unpaired) electrons. The SMILES string of the molecule is CC[C@H]1CN(c2ncc(NSOOC)cc2Cl)CCN1C1CCCCC1.CC[C@H]1CN(c2ncc(NSOOC)cc2Cl)CCN1C1CCN(C(=O)c2ccc(Cl)c(Cl)c2)CC1. The first-order valence-electron chi connectivity index (χ1n) is 21.4. The number of carbonyl (C=O) groups is 1. The van der Waals surface area contributed by atoms with E-state index in [1.54, 1.807) is 30.6 Å². The molecule has 3 aliphatic heterocycles. The normalized spacial score (nSPS) is 20.8. The van der Waals surface area contributed by atoms with Gasteiger partial charge in [-0.15, -0.1) is 8.67 Å². The Labute approximate surface area is 395 Å². The Balaban J connectivity index is 0.000000218. The summed E-state index contributed by atoms with van der Waals surface area (Å²) in [6.45, 7) is 11.7. The highest BCUT2D eigenvalue weighted by molar-refractivity contribution is 7.96. The number of amides is 1. The maximum Gasteiger partial charge on any atom is 0.253 e. The van der Waals surface area contributed by atoms with Crippen molar-refractivity contribution in [2.45, 2.75) is 95.8 Å². The first-order chi connectivity index (χ1) is 30.1. The third-order valence-corrected chi connectivity index (χ3v) is 14.5. The molecule has 7 rings (SSSR count). The fraction of sp³-hybridized carbons (Fsp3) is 0.595. The standard InChI is InChI=1S/C24H30Cl3N5O3S.C18H29ClN4O2S/c1-3-18-15-31(23-22(27)13-17(14-28-23)29-36-35-34-2)10-11-32(18)19-6-8-30(9-7-19)24(33)16-4-5-20(25)21(26)12-16;1-3-15-13-22(9-10-23(15)16-7-5-4-6-8-16)18-17(19)11-14(12-20-18)21-26-25-24-2/h4-5,12-14,18-19,29H,3,6-11,15H2,1-2H3;11-12,15-16,21H,3-10,13H2,1-2H3/t18-;15-/m00/s1. The Morgan fingerprint density at radius 3 is 1.61 bits per heavy atom. The summed E-state index contributed by atoms with van der Waals surface area (Å²) in [5.74, 6) is 1.67. The van der Waals surface area contributed by atoms with Crippen molar-refractivity contribution in [3.8, 4) is 0 Å². The third-order valence-electron chi connectivity index (χ3n) is 12.2. The number of hydrogen-bond acceptors (Lipinski definition) is 15. The van der Waals surface area contributed by atoms with Crippen molar-refractivity contribution < 1.29 is 23.2 Å². The molecule has 2 atom stereocenters. The number of aromatic nitrogens is 2. The number of carbonyl (C=O) groups excluding carboxylic acids is 1. The molecule has 2 N–H and O–H groups in total. The molecule has 3 saturated heterocycles. The molecule has 1 aromatic carbocycles. The van der Waals surface area contributed by atoms with Gasteiger partial charge in [0.2, 0.25) is 0 Å². The molecule has 0 bridgehead atoms. The number of piperazine rings is 2. The molecule has 1 saturated carbocycles. The van der Waals surface area contributed by atoms with Gasteiger partial charge in [-0.05, 0) is 68.9 Å². The van der Waals surface area contributed by atoms with Crippen LogP contribution in [0, 0.1) is 0 Å². The van der Waals surface area contributed by atoms with Crippen molar-refractivity contribution in [3.05, 3.63) is 68.4 Å². The highest BCUT2D eigenvalue weighted by Crippen LogP contribution is 2.34.